The number of H-pyrrole nitrogens is 1. The number of carbonyl (C=O) groups excluding carboxylic acids is 1. The van der Waals surface area contributed by atoms with Crippen LogP contribution in [0.1, 0.15) is 56.6 Å². The van der Waals surface area contributed by atoms with E-state index >= 15 is 0 Å². The number of pyridine rings is 1. The van der Waals surface area contributed by atoms with Gasteiger partial charge in [0.25, 0.3) is 11.5 Å². The SMILES string of the molecule is CCn1c(=O)[nH]c(=O)c2c(C(=O)NCC(C)C)cc(C(C)C)nc21. The number of aromatic amines is 1. The van der Waals surface area contributed by atoms with E-state index in [0.717, 1.165) is 0 Å². The Balaban J connectivity index is 2.79. The van der Waals surface area contributed by atoms with Crippen molar-refractivity contribution in [3.05, 3.63) is 38.2 Å². The summed E-state index contributed by atoms with van der Waals surface area (Å²) >= 11 is 0. The minimum absolute atomic E-state index is 0.0609. The molecule has 2 rings (SSSR count). The van der Waals surface area contributed by atoms with Crippen LogP contribution >= 0.6 is 0 Å². The molecule has 0 bridgehead atoms. The van der Waals surface area contributed by atoms with Crippen LogP contribution in [0.3, 0.4) is 0 Å². The summed E-state index contributed by atoms with van der Waals surface area (Å²) in [4.78, 5) is 43.7. The molecule has 0 fully saturated rings. The Hall–Kier alpha value is -2.44. The molecule has 2 N–H and O–H groups in total. The lowest BCUT2D eigenvalue weighted by atomic mass is 10.0. The fourth-order valence-corrected chi connectivity index (χ4v) is 2.45. The van der Waals surface area contributed by atoms with E-state index in [-0.39, 0.29) is 28.4 Å². The van der Waals surface area contributed by atoms with Gasteiger partial charge in [-0.3, -0.25) is 19.1 Å². The average Bonchev–Trinajstić information content (AvgIpc) is 2.51. The quantitative estimate of drug-likeness (QED) is 0.869. The summed E-state index contributed by atoms with van der Waals surface area (Å²) in [5, 5.41) is 2.98. The molecule has 2 aromatic rings. The molecule has 1 amide bonds. The van der Waals surface area contributed by atoms with Crippen LogP contribution in [0.15, 0.2) is 15.7 Å². The first kappa shape index (κ1) is 17.9. The second-order valence-electron chi connectivity index (χ2n) is 6.56. The number of aryl methyl sites for hydroxylation is 1. The third kappa shape index (κ3) is 3.39. The number of amides is 1. The number of nitrogens with zero attached hydrogens (tertiary/aromatic N) is 2. The van der Waals surface area contributed by atoms with E-state index in [9.17, 15) is 14.4 Å². The molecule has 7 nitrogen and oxygen atoms in total. The van der Waals surface area contributed by atoms with E-state index in [2.05, 4.69) is 15.3 Å². The molecule has 0 atom stereocenters. The lowest BCUT2D eigenvalue weighted by Crippen LogP contribution is -2.34. The molecule has 130 valence electrons. The highest BCUT2D eigenvalue weighted by molar-refractivity contribution is 6.05. The molecule has 7 heteroatoms. The molecule has 0 aliphatic carbocycles. The second kappa shape index (κ2) is 6.98. The van der Waals surface area contributed by atoms with E-state index in [1.54, 1.807) is 13.0 Å². The molecule has 0 radical (unpaired) electrons. The van der Waals surface area contributed by atoms with Crippen molar-refractivity contribution in [1.29, 1.82) is 0 Å². The zero-order valence-corrected chi connectivity index (χ0v) is 14.8. The van der Waals surface area contributed by atoms with Gasteiger partial charge in [0, 0.05) is 18.8 Å². The summed E-state index contributed by atoms with van der Waals surface area (Å²) in [7, 11) is 0. The Kier molecular flexibility index (Phi) is 5.21. The first-order valence-electron chi connectivity index (χ1n) is 8.22. The maximum Gasteiger partial charge on any atom is 0.329 e. The van der Waals surface area contributed by atoms with E-state index in [4.69, 9.17) is 0 Å². The van der Waals surface area contributed by atoms with Crippen LogP contribution in [-0.4, -0.2) is 27.0 Å². The van der Waals surface area contributed by atoms with Crippen LogP contribution in [0, 0.1) is 5.92 Å². The van der Waals surface area contributed by atoms with Crippen LogP contribution in [0.4, 0.5) is 0 Å². The van der Waals surface area contributed by atoms with Crippen LogP contribution in [-0.2, 0) is 6.54 Å². The molecule has 2 heterocycles. The molecule has 24 heavy (non-hydrogen) atoms. The highest BCUT2D eigenvalue weighted by atomic mass is 16.2. The predicted molar refractivity (Wildman–Crippen MR) is 93.6 cm³/mol. The summed E-state index contributed by atoms with van der Waals surface area (Å²) in [5.74, 6) is 0.0225. The van der Waals surface area contributed by atoms with Gasteiger partial charge in [-0.2, -0.15) is 0 Å². The van der Waals surface area contributed by atoms with Crippen molar-refractivity contribution in [3.8, 4) is 0 Å². The zero-order valence-electron chi connectivity index (χ0n) is 14.8. The fraction of sp³-hybridized carbons (Fsp3) is 0.529. The van der Waals surface area contributed by atoms with Gasteiger partial charge in [0.1, 0.15) is 0 Å². The predicted octanol–water partition coefficient (Wildman–Crippen LogP) is 1.61. The fourth-order valence-electron chi connectivity index (χ4n) is 2.45. The highest BCUT2D eigenvalue weighted by Gasteiger charge is 2.20. The first-order chi connectivity index (χ1) is 11.3. The summed E-state index contributed by atoms with van der Waals surface area (Å²) in [6.07, 6.45) is 0. The van der Waals surface area contributed by atoms with Gasteiger partial charge >= 0.3 is 5.69 Å². The molecule has 0 aromatic carbocycles. The number of fused-ring (bicyclic) bond motifs is 1. The van der Waals surface area contributed by atoms with Crippen molar-refractivity contribution < 1.29 is 4.79 Å². The van der Waals surface area contributed by atoms with Crippen LogP contribution < -0.4 is 16.6 Å². The molecule has 0 aliphatic heterocycles. The lowest BCUT2D eigenvalue weighted by molar-refractivity contribution is 0.0950. The second-order valence-corrected chi connectivity index (χ2v) is 6.56. The Morgan fingerprint density at radius 3 is 2.50 bits per heavy atom. The van der Waals surface area contributed by atoms with Crippen molar-refractivity contribution in [3.63, 3.8) is 0 Å². The summed E-state index contributed by atoms with van der Waals surface area (Å²) in [5.41, 5.74) is 0.0819. The molecular formula is C17H24N4O3. The van der Waals surface area contributed by atoms with Gasteiger partial charge in [-0.15, -0.1) is 0 Å². The summed E-state index contributed by atoms with van der Waals surface area (Å²) < 4.78 is 1.38. The van der Waals surface area contributed by atoms with Crippen LogP contribution in [0.2, 0.25) is 0 Å². The third-order valence-electron chi connectivity index (χ3n) is 3.79. The standard InChI is InChI=1S/C17H24N4O3/c1-6-21-14-13(16(23)20-17(21)24)11(7-12(19-14)10(4)5)15(22)18-8-9(2)3/h7,9-10H,6,8H2,1-5H3,(H,18,22)(H,20,23,24). The highest BCUT2D eigenvalue weighted by Crippen LogP contribution is 2.19. The van der Waals surface area contributed by atoms with Gasteiger partial charge in [0.2, 0.25) is 0 Å². The number of hydrogen-bond acceptors (Lipinski definition) is 4. The monoisotopic (exact) mass is 332 g/mol. The number of hydrogen-bond donors (Lipinski definition) is 2. The van der Waals surface area contributed by atoms with Crippen molar-refractivity contribution in [2.24, 2.45) is 5.92 Å². The van der Waals surface area contributed by atoms with Crippen LogP contribution in [0.25, 0.3) is 11.0 Å². The average molecular weight is 332 g/mol. The molecule has 0 aliphatic rings. The van der Waals surface area contributed by atoms with Crippen molar-refractivity contribution in [2.45, 2.75) is 47.1 Å². The Bertz CT molecular complexity index is 878. The van der Waals surface area contributed by atoms with E-state index in [1.807, 2.05) is 27.7 Å². The van der Waals surface area contributed by atoms with Gasteiger partial charge in [-0.05, 0) is 24.8 Å². The van der Waals surface area contributed by atoms with Crippen molar-refractivity contribution in [2.75, 3.05) is 6.54 Å². The molecule has 0 spiro atoms. The first-order valence-corrected chi connectivity index (χ1v) is 8.22. The number of carbonyl (C=O) groups is 1. The van der Waals surface area contributed by atoms with Gasteiger partial charge < -0.3 is 5.32 Å². The van der Waals surface area contributed by atoms with E-state index < -0.39 is 11.2 Å². The maximum atomic E-state index is 12.6. The maximum absolute atomic E-state index is 12.6. The number of nitrogens with one attached hydrogen (secondary N) is 2. The molecule has 0 saturated heterocycles. The van der Waals surface area contributed by atoms with Crippen molar-refractivity contribution >= 4 is 16.9 Å². The molecule has 2 aromatic heterocycles. The van der Waals surface area contributed by atoms with Gasteiger partial charge in [0.15, 0.2) is 5.65 Å². The van der Waals surface area contributed by atoms with Crippen molar-refractivity contribution in [1.82, 2.24) is 19.9 Å². The summed E-state index contributed by atoms with van der Waals surface area (Å²) in [6.45, 7) is 10.5. The van der Waals surface area contributed by atoms with E-state index in [1.165, 1.54) is 4.57 Å². The van der Waals surface area contributed by atoms with Gasteiger partial charge in [-0.1, -0.05) is 27.7 Å². The number of aromatic nitrogens is 3. The Morgan fingerprint density at radius 2 is 1.96 bits per heavy atom. The van der Waals surface area contributed by atoms with Crippen LogP contribution in [0.5, 0.6) is 0 Å². The smallest absolute Gasteiger partial charge is 0.329 e. The zero-order chi connectivity index (χ0) is 18.0. The minimum Gasteiger partial charge on any atom is -0.352 e. The number of rotatable bonds is 5. The summed E-state index contributed by atoms with van der Waals surface area (Å²) in [6, 6.07) is 1.64. The normalized spacial score (nSPS) is 11.5. The van der Waals surface area contributed by atoms with Gasteiger partial charge in [-0.25, -0.2) is 9.78 Å². The third-order valence-corrected chi connectivity index (χ3v) is 3.79. The largest absolute Gasteiger partial charge is 0.352 e. The molecule has 0 unspecified atom stereocenters. The molecular weight excluding hydrogens is 308 g/mol. The Labute approximate surface area is 140 Å². The van der Waals surface area contributed by atoms with E-state index in [0.29, 0.717) is 24.7 Å². The van der Waals surface area contributed by atoms with Gasteiger partial charge in [0.05, 0.1) is 10.9 Å². The molecule has 0 saturated carbocycles. The minimum atomic E-state index is -0.586. The topological polar surface area (TPSA) is 96.9 Å². The Morgan fingerprint density at radius 1 is 1.29 bits per heavy atom. The lowest BCUT2D eigenvalue weighted by Gasteiger charge is -2.14.